The Balaban J connectivity index is 1.53. The molecule has 0 radical (unpaired) electrons. The molecule has 0 spiro atoms. The molecule has 0 bridgehead atoms. The molecular weight excluding hydrogens is 444 g/mol. The van der Waals surface area contributed by atoms with Crippen LogP contribution in [-0.2, 0) is 0 Å². The van der Waals surface area contributed by atoms with E-state index in [2.05, 4.69) is 15.3 Å². The van der Waals surface area contributed by atoms with Gasteiger partial charge in [-0.1, -0.05) is 6.07 Å². The first-order chi connectivity index (χ1) is 15.0. The summed E-state index contributed by atoms with van der Waals surface area (Å²) in [5, 5.41) is 6.88. The van der Waals surface area contributed by atoms with Gasteiger partial charge in [0.15, 0.2) is 28.3 Å². The Bertz CT molecular complexity index is 1260. The number of benzene rings is 2. The van der Waals surface area contributed by atoms with E-state index in [9.17, 15) is 13.6 Å². The molecule has 0 aliphatic carbocycles. The second-order valence-electron chi connectivity index (χ2n) is 6.20. The summed E-state index contributed by atoms with van der Waals surface area (Å²) in [6.45, 7) is 0. The van der Waals surface area contributed by atoms with Crippen molar-refractivity contribution in [2.24, 2.45) is 0 Å². The number of carbonyl (C=O) groups excluding carboxylic acids is 1. The number of ether oxygens (including phenoxy) is 2. The van der Waals surface area contributed by atoms with Gasteiger partial charge >= 0.3 is 0 Å². The van der Waals surface area contributed by atoms with Crippen molar-refractivity contribution in [2.45, 2.75) is 0 Å². The Labute approximate surface area is 184 Å². The lowest BCUT2D eigenvalue weighted by molar-refractivity contribution is 0.102. The summed E-state index contributed by atoms with van der Waals surface area (Å²) >= 11 is 2.47. The average Bonchev–Trinajstić information content (AvgIpc) is 3.45. The smallest absolute Gasteiger partial charge is 0.276 e. The number of para-hydroxylation sites is 1. The monoisotopic (exact) mass is 459 g/mol. The van der Waals surface area contributed by atoms with E-state index in [4.69, 9.17) is 9.47 Å². The summed E-state index contributed by atoms with van der Waals surface area (Å²) in [6, 6.07) is 8.93. The quantitative estimate of drug-likeness (QED) is 0.413. The molecule has 158 valence electrons. The van der Waals surface area contributed by atoms with E-state index >= 15 is 0 Å². The van der Waals surface area contributed by atoms with Crippen molar-refractivity contribution >= 4 is 33.7 Å². The van der Waals surface area contributed by atoms with E-state index in [0.717, 1.165) is 12.1 Å². The van der Waals surface area contributed by atoms with E-state index in [1.54, 1.807) is 23.9 Å². The molecule has 0 aliphatic rings. The van der Waals surface area contributed by atoms with Crippen molar-refractivity contribution in [2.75, 3.05) is 19.5 Å². The summed E-state index contributed by atoms with van der Waals surface area (Å²) in [5.41, 5.74) is 1.77. The molecule has 0 fully saturated rings. The number of amides is 1. The fourth-order valence-electron chi connectivity index (χ4n) is 2.84. The van der Waals surface area contributed by atoms with Crippen LogP contribution in [0.5, 0.6) is 11.5 Å². The van der Waals surface area contributed by atoms with Gasteiger partial charge in [-0.2, -0.15) is 0 Å². The Morgan fingerprint density at radius 2 is 1.84 bits per heavy atom. The van der Waals surface area contributed by atoms with E-state index in [1.807, 2.05) is 12.1 Å². The van der Waals surface area contributed by atoms with Crippen LogP contribution in [0.15, 0.2) is 47.2 Å². The predicted molar refractivity (Wildman–Crippen MR) is 116 cm³/mol. The molecule has 2 heterocycles. The minimum atomic E-state index is -0.959. The number of carbonyl (C=O) groups is 1. The molecule has 2 aromatic heterocycles. The summed E-state index contributed by atoms with van der Waals surface area (Å²) in [5.74, 6) is -1.23. The first-order valence-corrected chi connectivity index (χ1v) is 10.6. The number of halogens is 2. The van der Waals surface area contributed by atoms with E-state index in [0.29, 0.717) is 38.5 Å². The molecule has 0 unspecified atom stereocenters. The van der Waals surface area contributed by atoms with Gasteiger partial charge in [0.1, 0.15) is 10.7 Å². The lowest BCUT2D eigenvalue weighted by atomic mass is 10.2. The van der Waals surface area contributed by atoms with Crippen LogP contribution in [0.4, 0.5) is 13.9 Å². The number of aromatic nitrogens is 2. The first kappa shape index (κ1) is 20.9. The molecule has 2 aromatic carbocycles. The first-order valence-electron chi connectivity index (χ1n) is 8.89. The second-order valence-corrected chi connectivity index (χ2v) is 7.92. The van der Waals surface area contributed by atoms with Gasteiger partial charge in [-0.05, 0) is 30.3 Å². The number of nitrogens with one attached hydrogen (secondary N) is 1. The van der Waals surface area contributed by atoms with Crippen LogP contribution in [0.1, 0.15) is 10.5 Å². The molecule has 4 rings (SSSR count). The molecule has 0 aliphatic heterocycles. The van der Waals surface area contributed by atoms with Crippen molar-refractivity contribution in [3.05, 3.63) is 64.5 Å². The zero-order chi connectivity index (χ0) is 22.0. The van der Waals surface area contributed by atoms with Crippen LogP contribution in [0.3, 0.4) is 0 Å². The van der Waals surface area contributed by atoms with Gasteiger partial charge in [-0.15, -0.1) is 22.7 Å². The maximum atomic E-state index is 13.5. The highest BCUT2D eigenvalue weighted by atomic mass is 32.1. The molecule has 0 atom stereocenters. The Hall–Kier alpha value is -3.37. The molecular formula is C21H15F2N3O3S2. The number of thiazole rings is 2. The number of rotatable bonds is 6. The molecule has 6 nitrogen and oxygen atoms in total. The Kier molecular flexibility index (Phi) is 5.92. The maximum Gasteiger partial charge on any atom is 0.276 e. The number of anilines is 1. The normalized spacial score (nSPS) is 10.7. The van der Waals surface area contributed by atoms with Crippen molar-refractivity contribution in [1.29, 1.82) is 0 Å². The summed E-state index contributed by atoms with van der Waals surface area (Å²) in [4.78, 5) is 21.3. The Morgan fingerprint density at radius 1 is 1.00 bits per heavy atom. The van der Waals surface area contributed by atoms with Crippen molar-refractivity contribution in [3.8, 4) is 33.3 Å². The van der Waals surface area contributed by atoms with Gasteiger partial charge in [0.25, 0.3) is 5.91 Å². The summed E-state index contributed by atoms with van der Waals surface area (Å²) in [7, 11) is 3.08. The average molecular weight is 459 g/mol. The van der Waals surface area contributed by atoms with Gasteiger partial charge in [-0.25, -0.2) is 18.7 Å². The zero-order valence-electron chi connectivity index (χ0n) is 16.3. The largest absolute Gasteiger partial charge is 0.493 e. The predicted octanol–water partition coefficient (Wildman–Crippen LogP) is 5.48. The van der Waals surface area contributed by atoms with E-state index in [1.165, 1.54) is 35.8 Å². The van der Waals surface area contributed by atoms with Gasteiger partial charge in [0.2, 0.25) is 0 Å². The minimum absolute atomic E-state index is 0.217. The molecule has 0 saturated heterocycles. The second kappa shape index (κ2) is 8.78. The van der Waals surface area contributed by atoms with Crippen molar-refractivity contribution in [3.63, 3.8) is 0 Å². The van der Waals surface area contributed by atoms with Crippen LogP contribution in [0.2, 0.25) is 0 Å². The third-order valence-corrected chi connectivity index (χ3v) is 5.94. The fraction of sp³-hybridized carbons (Fsp3) is 0.0952. The van der Waals surface area contributed by atoms with E-state index < -0.39 is 17.5 Å². The third kappa shape index (κ3) is 4.25. The number of hydrogen-bond acceptors (Lipinski definition) is 7. The number of methoxy groups -OCH3 is 2. The third-order valence-electron chi connectivity index (χ3n) is 4.31. The fourth-order valence-corrected chi connectivity index (χ4v) is 4.37. The van der Waals surface area contributed by atoms with Gasteiger partial charge in [0.05, 0.1) is 25.5 Å². The van der Waals surface area contributed by atoms with Crippen molar-refractivity contribution in [1.82, 2.24) is 9.97 Å². The molecule has 1 amide bonds. The lowest BCUT2D eigenvalue weighted by Crippen LogP contribution is -2.12. The molecule has 1 N–H and O–H groups in total. The van der Waals surface area contributed by atoms with Crippen molar-refractivity contribution < 1.29 is 23.0 Å². The highest BCUT2D eigenvalue weighted by Crippen LogP contribution is 2.39. The number of nitrogens with zero attached hydrogens (tertiary/aromatic N) is 2. The van der Waals surface area contributed by atoms with Crippen LogP contribution in [0, 0.1) is 11.6 Å². The molecule has 10 heteroatoms. The standard InChI is InChI=1S/C21H15F2N3O3S2/c1-28-17-5-3-4-12(18(17)29-2)20-24-16(10-30-20)19(27)26-21-25-15(9-31-21)11-6-7-13(22)14(23)8-11/h3-10H,1-2H3,(H,25,26,27). The Morgan fingerprint density at radius 3 is 2.58 bits per heavy atom. The highest BCUT2D eigenvalue weighted by molar-refractivity contribution is 7.14. The summed E-state index contributed by atoms with van der Waals surface area (Å²) < 4.78 is 37.3. The van der Waals surface area contributed by atoms with Crippen LogP contribution < -0.4 is 14.8 Å². The van der Waals surface area contributed by atoms with Gasteiger partial charge in [-0.3, -0.25) is 10.1 Å². The van der Waals surface area contributed by atoms with Gasteiger partial charge in [0, 0.05) is 16.3 Å². The minimum Gasteiger partial charge on any atom is -0.493 e. The maximum absolute atomic E-state index is 13.5. The lowest BCUT2D eigenvalue weighted by Gasteiger charge is -2.10. The van der Waals surface area contributed by atoms with E-state index in [-0.39, 0.29) is 5.69 Å². The molecule has 4 aromatic rings. The molecule has 31 heavy (non-hydrogen) atoms. The summed E-state index contributed by atoms with van der Waals surface area (Å²) in [6.07, 6.45) is 0. The highest BCUT2D eigenvalue weighted by Gasteiger charge is 2.18. The van der Waals surface area contributed by atoms with Crippen LogP contribution >= 0.6 is 22.7 Å². The zero-order valence-corrected chi connectivity index (χ0v) is 17.9. The number of hydrogen-bond donors (Lipinski definition) is 1. The van der Waals surface area contributed by atoms with Crippen LogP contribution in [-0.4, -0.2) is 30.1 Å². The molecule has 0 saturated carbocycles. The van der Waals surface area contributed by atoms with Crippen LogP contribution in [0.25, 0.3) is 21.8 Å². The topological polar surface area (TPSA) is 73.3 Å². The van der Waals surface area contributed by atoms with Gasteiger partial charge < -0.3 is 9.47 Å². The SMILES string of the molecule is COc1cccc(-c2nc(C(=O)Nc3nc(-c4ccc(F)c(F)c4)cs3)cs2)c1OC.